The Kier molecular flexibility index (Phi) is 9.54. The van der Waals surface area contributed by atoms with Crippen LogP contribution in [0.5, 0.6) is 0 Å². The highest BCUT2D eigenvalue weighted by molar-refractivity contribution is 6.03. The van der Waals surface area contributed by atoms with Crippen LogP contribution in [-0.4, -0.2) is 0 Å². The van der Waals surface area contributed by atoms with Crippen molar-refractivity contribution < 1.29 is 0 Å². The molecule has 0 saturated carbocycles. The maximum absolute atomic E-state index is 2.39. The number of anilines is 6. The maximum atomic E-state index is 2.39. The summed E-state index contributed by atoms with van der Waals surface area (Å²) in [6.07, 6.45) is 4.43. The van der Waals surface area contributed by atoms with Gasteiger partial charge in [0.15, 0.2) is 0 Å². The van der Waals surface area contributed by atoms with Crippen molar-refractivity contribution in [1.29, 1.82) is 0 Å². The van der Waals surface area contributed by atoms with Crippen molar-refractivity contribution in [3.63, 3.8) is 0 Å². The van der Waals surface area contributed by atoms with Crippen LogP contribution in [0.1, 0.15) is 11.1 Å². The molecule has 0 aliphatic rings. The molecule has 0 atom stereocenters. The fourth-order valence-electron chi connectivity index (χ4n) is 10.1. The summed E-state index contributed by atoms with van der Waals surface area (Å²) in [6, 6.07) is 93.3. The van der Waals surface area contributed by atoms with Gasteiger partial charge in [-0.2, -0.15) is 0 Å². The molecule has 68 heavy (non-hydrogen) atoms. The van der Waals surface area contributed by atoms with E-state index in [4.69, 9.17) is 0 Å². The van der Waals surface area contributed by atoms with Gasteiger partial charge >= 0.3 is 0 Å². The molecule has 0 unspecified atom stereocenters. The lowest BCUT2D eigenvalue weighted by Gasteiger charge is -2.26. The molecule has 0 aliphatic carbocycles. The van der Waals surface area contributed by atoms with E-state index in [0.29, 0.717) is 0 Å². The molecule has 0 saturated heterocycles. The topological polar surface area (TPSA) is 6.48 Å². The number of nitrogens with zero attached hydrogens (tertiary/aromatic N) is 2. The number of benzene rings is 13. The second-order valence-corrected chi connectivity index (χ2v) is 17.9. The first-order valence-corrected chi connectivity index (χ1v) is 23.4. The van der Waals surface area contributed by atoms with Gasteiger partial charge in [0, 0.05) is 34.1 Å². The summed E-state index contributed by atoms with van der Waals surface area (Å²) >= 11 is 0. The van der Waals surface area contributed by atoms with E-state index >= 15 is 0 Å². The molecule has 0 heterocycles. The Morgan fingerprint density at radius 1 is 0.176 bits per heavy atom. The molecular formula is C66H44N2. The molecule has 0 bridgehead atoms. The largest absolute Gasteiger partial charge is 0.310 e. The Morgan fingerprint density at radius 3 is 0.868 bits per heavy atom. The maximum Gasteiger partial charge on any atom is 0.0468 e. The van der Waals surface area contributed by atoms with Crippen molar-refractivity contribution in [2.24, 2.45) is 0 Å². The van der Waals surface area contributed by atoms with Gasteiger partial charge in [-0.05, 0) is 190 Å². The number of rotatable bonds is 8. The summed E-state index contributed by atoms with van der Waals surface area (Å²) in [5.41, 5.74) is 9.01. The molecule has 0 amide bonds. The van der Waals surface area contributed by atoms with Gasteiger partial charge in [0.05, 0.1) is 0 Å². The van der Waals surface area contributed by atoms with Crippen molar-refractivity contribution in [2.45, 2.75) is 0 Å². The Balaban J connectivity index is 0.818. The zero-order valence-corrected chi connectivity index (χ0v) is 37.3. The first-order chi connectivity index (χ1) is 33.6. The Labute approximate surface area is 395 Å². The second-order valence-electron chi connectivity index (χ2n) is 17.9. The molecule has 318 valence electrons. The highest BCUT2D eigenvalue weighted by atomic mass is 15.1. The van der Waals surface area contributed by atoms with Crippen LogP contribution in [0.25, 0.3) is 87.6 Å². The number of fused-ring (bicyclic) bond motifs is 7. The van der Waals surface area contributed by atoms with Gasteiger partial charge in [-0.25, -0.2) is 0 Å². The molecule has 2 nitrogen and oxygen atoms in total. The lowest BCUT2D eigenvalue weighted by molar-refractivity contribution is 1.29. The minimum atomic E-state index is 1.11. The smallest absolute Gasteiger partial charge is 0.0468 e. The lowest BCUT2D eigenvalue weighted by Crippen LogP contribution is -2.10. The monoisotopic (exact) mass is 864 g/mol. The molecule has 0 aliphatic heterocycles. The molecule has 13 aromatic carbocycles. The third-order valence-electron chi connectivity index (χ3n) is 13.6. The van der Waals surface area contributed by atoms with Crippen LogP contribution in [0.15, 0.2) is 255 Å². The average Bonchev–Trinajstić information content (AvgIpc) is 3.39. The van der Waals surface area contributed by atoms with Gasteiger partial charge in [-0.15, -0.1) is 0 Å². The molecule has 13 rings (SSSR count). The Hall–Kier alpha value is -8.98. The Bertz CT molecular complexity index is 4110. The van der Waals surface area contributed by atoms with Gasteiger partial charge in [-0.1, -0.05) is 164 Å². The average molecular weight is 865 g/mol. The first kappa shape index (κ1) is 39.4. The molecule has 0 spiro atoms. The quantitative estimate of drug-likeness (QED) is 0.111. The van der Waals surface area contributed by atoms with Crippen molar-refractivity contribution >= 4 is 122 Å². The van der Waals surface area contributed by atoms with Crippen molar-refractivity contribution in [2.75, 3.05) is 9.80 Å². The highest BCUT2D eigenvalue weighted by Crippen LogP contribution is 2.41. The third-order valence-corrected chi connectivity index (χ3v) is 13.6. The SMILES string of the molecule is C(=Cc1ccc2cc(N(c3ccc4ccccc4c3)c3ccc4cc5ccccc5cc4c3)ccc2c1)c1ccc(N(c2ccc3ccccc3c2)c2ccc3cc4ccccc4cc3c2)cc1. The predicted molar refractivity (Wildman–Crippen MR) is 294 cm³/mol. The summed E-state index contributed by atoms with van der Waals surface area (Å²) in [7, 11) is 0. The van der Waals surface area contributed by atoms with E-state index in [2.05, 4.69) is 277 Å². The van der Waals surface area contributed by atoms with Crippen LogP contribution in [0, 0.1) is 0 Å². The normalized spacial score (nSPS) is 11.8. The second kappa shape index (κ2) is 16.5. The summed E-state index contributed by atoms with van der Waals surface area (Å²) in [4.78, 5) is 4.76. The summed E-state index contributed by atoms with van der Waals surface area (Å²) in [5, 5.41) is 17.2. The Morgan fingerprint density at radius 2 is 0.426 bits per heavy atom. The number of hydrogen-bond donors (Lipinski definition) is 0. The standard InChI is InChI=1S/C66H44N2/c1-3-15-53-40-62(30-23-47(53)9-1)67(65-33-26-56-36-49-11-5-7-13-51(49)38-59(56)43-65)61-28-20-45(21-29-61)17-18-46-19-22-58-42-64(32-25-55(58)35-46)68(63-31-24-48-10-2-4-16-54(48)41-63)66-34-27-57-37-50-12-6-8-14-52(50)39-60(57)44-66/h1-44H. The molecule has 0 radical (unpaired) electrons. The summed E-state index contributed by atoms with van der Waals surface area (Å²) in [6.45, 7) is 0. The van der Waals surface area contributed by atoms with E-state index in [-0.39, 0.29) is 0 Å². The van der Waals surface area contributed by atoms with Crippen LogP contribution in [0.3, 0.4) is 0 Å². The van der Waals surface area contributed by atoms with Gasteiger partial charge in [-0.3, -0.25) is 0 Å². The molecule has 2 heteroatoms. The molecule has 13 aromatic rings. The van der Waals surface area contributed by atoms with Crippen LogP contribution in [0.2, 0.25) is 0 Å². The zero-order chi connectivity index (χ0) is 45.0. The van der Waals surface area contributed by atoms with E-state index in [0.717, 1.165) is 45.3 Å². The van der Waals surface area contributed by atoms with Crippen LogP contribution in [-0.2, 0) is 0 Å². The van der Waals surface area contributed by atoms with Crippen LogP contribution >= 0.6 is 0 Å². The van der Waals surface area contributed by atoms with Crippen molar-refractivity contribution in [1.82, 2.24) is 0 Å². The van der Waals surface area contributed by atoms with Crippen molar-refractivity contribution in [3.8, 4) is 0 Å². The first-order valence-electron chi connectivity index (χ1n) is 23.4. The molecule has 0 aromatic heterocycles. The van der Waals surface area contributed by atoms with E-state index < -0.39 is 0 Å². The zero-order valence-electron chi connectivity index (χ0n) is 37.3. The van der Waals surface area contributed by atoms with E-state index in [1.54, 1.807) is 0 Å². The van der Waals surface area contributed by atoms with Crippen LogP contribution in [0.4, 0.5) is 34.1 Å². The fraction of sp³-hybridized carbons (Fsp3) is 0. The lowest BCUT2D eigenvalue weighted by atomic mass is 10.0. The van der Waals surface area contributed by atoms with E-state index in [9.17, 15) is 0 Å². The van der Waals surface area contributed by atoms with Crippen molar-refractivity contribution in [3.05, 3.63) is 266 Å². The minimum absolute atomic E-state index is 1.11. The third kappa shape index (κ3) is 7.35. The van der Waals surface area contributed by atoms with Gasteiger partial charge < -0.3 is 9.80 Å². The summed E-state index contributed by atoms with van der Waals surface area (Å²) in [5.74, 6) is 0. The number of hydrogen-bond acceptors (Lipinski definition) is 2. The summed E-state index contributed by atoms with van der Waals surface area (Å²) < 4.78 is 0. The van der Waals surface area contributed by atoms with Gasteiger partial charge in [0.25, 0.3) is 0 Å². The molecule has 0 N–H and O–H groups in total. The fourth-order valence-corrected chi connectivity index (χ4v) is 10.1. The van der Waals surface area contributed by atoms with Gasteiger partial charge in [0.2, 0.25) is 0 Å². The predicted octanol–water partition coefficient (Wildman–Crippen LogP) is 18.9. The van der Waals surface area contributed by atoms with Crippen LogP contribution < -0.4 is 9.80 Å². The van der Waals surface area contributed by atoms with Gasteiger partial charge in [0.1, 0.15) is 0 Å². The highest BCUT2D eigenvalue weighted by Gasteiger charge is 2.17. The molecule has 0 fully saturated rings. The van der Waals surface area contributed by atoms with E-state index in [1.165, 1.54) is 75.4 Å². The van der Waals surface area contributed by atoms with E-state index in [1.807, 2.05) is 0 Å². The molecular weight excluding hydrogens is 821 g/mol. The minimum Gasteiger partial charge on any atom is -0.310 e.